The summed E-state index contributed by atoms with van der Waals surface area (Å²) in [5, 5.41) is 7.70. The van der Waals surface area contributed by atoms with E-state index >= 15 is 0 Å². The fraction of sp³-hybridized carbons (Fsp3) is 0.462. The Kier molecular flexibility index (Phi) is 4.94. The third-order valence-corrected chi connectivity index (χ3v) is 4.67. The monoisotopic (exact) mass is 286 g/mol. The van der Waals surface area contributed by atoms with Gasteiger partial charge < -0.3 is 9.84 Å². The van der Waals surface area contributed by atoms with Crippen molar-refractivity contribution in [2.75, 3.05) is 0 Å². The van der Waals surface area contributed by atoms with Crippen molar-refractivity contribution in [1.82, 2.24) is 0 Å². The van der Waals surface area contributed by atoms with Crippen molar-refractivity contribution < 1.29 is 23.1 Å². The number of sulfone groups is 1. The highest BCUT2D eigenvalue weighted by Gasteiger charge is 2.25. The minimum atomic E-state index is -3.62. The molecule has 1 N–H and O–H groups in total. The topological polar surface area (TPSA) is 80.7 Å². The molecule has 106 valence electrons. The molecule has 0 heterocycles. The van der Waals surface area contributed by atoms with Gasteiger partial charge in [0.1, 0.15) is 5.75 Å². The number of hydrogen-bond acceptors (Lipinski definition) is 4. The van der Waals surface area contributed by atoms with E-state index in [1.807, 2.05) is 13.8 Å². The molecule has 1 atom stereocenters. The van der Waals surface area contributed by atoms with Crippen LogP contribution in [0.1, 0.15) is 27.2 Å². The molecule has 19 heavy (non-hydrogen) atoms. The maximum Gasteiger partial charge on any atom is 0.304 e. The van der Waals surface area contributed by atoms with Gasteiger partial charge in [-0.15, -0.1) is 0 Å². The van der Waals surface area contributed by atoms with E-state index < -0.39 is 27.5 Å². The highest BCUT2D eigenvalue weighted by Crippen LogP contribution is 2.21. The Morgan fingerprint density at radius 1 is 1.21 bits per heavy atom. The van der Waals surface area contributed by atoms with Crippen LogP contribution in [0.3, 0.4) is 0 Å². The van der Waals surface area contributed by atoms with E-state index in [9.17, 15) is 13.2 Å². The third kappa shape index (κ3) is 4.24. The maximum atomic E-state index is 12.1. The smallest absolute Gasteiger partial charge is 0.304 e. The first kappa shape index (κ1) is 15.5. The normalized spacial score (nSPS) is 13.3. The van der Waals surface area contributed by atoms with Gasteiger partial charge in [-0.2, -0.15) is 0 Å². The Labute approximate surface area is 113 Å². The number of carboxylic acid groups (broad SMARTS) is 1. The standard InChI is InChI=1S/C13H18O5S/c1-9(2)18-11-4-6-12(7-5-11)19(16,17)10(3)8-13(14)15/h4-7,9-10H,8H2,1-3H3,(H,14,15). The van der Waals surface area contributed by atoms with Gasteiger partial charge in [0.15, 0.2) is 9.84 Å². The number of rotatable bonds is 6. The van der Waals surface area contributed by atoms with Crippen molar-refractivity contribution in [3.8, 4) is 5.75 Å². The first-order valence-corrected chi connectivity index (χ1v) is 7.50. The van der Waals surface area contributed by atoms with E-state index in [2.05, 4.69) is 0 Å². The van der Waals surface area contributed by atoms with Crippen LogP contribution in [0.2, 0.25) is 0 Å². The van der Waals surface area contributed by atoms with Crippen LogP contribution in [0.15, 0.2) is 29.2 Å². The lowest BCUT2D eigenvalue weighted by Gasteiger charge is -2.13. The maximum absolute atomic E-state index is 12.1. The molecule has 0 aromatic heterocycles. The van der Waals surface area contributed by atoms with E-state index in [-0.39, 0.29) is 11.0 Å². The molecule has 6 heteroatoms. The summed E-state index contributed by atoms with van der Waals surface area (Å²) in [5.74, 6) is -0.546. The molecule has 0 fully saturated rings. The average Bonchev–Trinajstić information content (AvgIpc) is 2.27. The minimum absolute atomic E-state index is 0.00777. The van der Waals surface area contributed by atoms with E-state index in [1.165, 1.54) is 19.1 Å². The molecule has 0 spiro atoms. The Morgan fingerprint density at radius 3 is 2.16 bits per heavy atom. The summed E-state index contributed by atoms with van der Waals surface area (Å²) in [4.78, 5) is 10.7. The summed E-state index contributed by atoms with van der Waals surface area (Å²) >= 11 is 0. The molecule has 0 aliphatic carbocycles. The number of benzene rings is 1. The van der Waals surface area contributed by atoms with Gasteiger partial charge in [-0.1, -0.05) is 0 Å². The van der Waals surface area contributed by atoms with Crippen molar-refractivity contribution >= 4 is 15.8 Å². The second-order valence-corrected chi connectivity index (χ2v) is 6.96. The molecule has 0 radical (unpaired) electrons. The molecule has 0 aliphatic heterocycles. The summed E-state index contributed by atoms with van der Waals surface area (Å²) in [5.41, 5.74) is 0. The summed E-state index contributed by atoms with van der Waals surface area (Å²) in [6, 6.07) is 6.01. The Bertz CT molecular complexity index is 531. The van der Waals surface area contributed by atoms with Crippen LogP contribution in [0.4, 0.5) is 0 Å². The molecular weight excluding hydrogens is 268 g/mol. The van der Waals surface area contributed by atoms with Gasteiger partial charge in [-0.25, -0.2) is 8.42 Å². The number of hydrogen-bond donors (Lipinski definition) is 1. The van der Waals surface area contributed by atoms with Crippen molar-refractivity contribution in [2.24, 2.45) is 0 Å². The van der Waals surface area contributed by atoms with Gasteiger partial charge >= 0.3 is 5.97 Å². The number of carbonyl (C=O) groups is 1. The number of carboxylic acids is 1. The molecular formula is C13H18O5S. The number of ether oxygens (including phenoxy) is 1. The molecule has 0 saturated heterocycles. The van der Waals surface area contributed by atoms with Gasteiger partial charge in [-0.05, 0) is 45.0 Å². The fourth-order valence-electron chi connectivity index (χ4n) is 1.57. The van der Waals surface area contributed by atoms with Crippen molar-refractivity contribution in [1.29, 1.82) is 0 Å². The van der Waals surface area contributed by atoms with Crippen LogP contribution in [0.5, 0.6) is 5.75 Å². The van der Waals surface area contributed by atoms with Gasteiger partial charge in [0.05, 0.1) is 22.7 Å². The molecule has 0 saturated carbocycles. The minimum Gasteiger partial charge on any atom is -0.491 e. The lowest BCUT2D eigenvalue weighted by atomic mass is 10.3. The van der Waals surface area contributed by atoms with Crippen LogP contribution in [-0.4, -0.2) is 30.8 Å². The Balaban J connectivity index is 2.93. The molecule has 1 rings (SSSR count). The third-order valence-electron chi connectivity index (χ3n) is 2.52. The largest absolute Gasteiger partial charge is 0.491 e. The second kappa shape index (κ2) is 6.06. The zero-order chi connectivity index (χ0) is 14.6. The zero-order valence-corrected chi connectivity index (χ0v) is 12.0. The van der Waals surface area contributed by atoms with E-state index in [4.69, 9.17) is 9.84 Å². The molecule has 1 aromatic carbocycles. The summed E-state index contributed by atoms with van der Waals surface area (Å²) in [6.07, 6.45) is -0.402. The molecule has 0 aliphatic rings. The van der Waals surface area contributed by atoms with Crippen molar-refractivity contribution in [3.05, 3.63) is 24.3 Å². The lowest BCUT2D eigenvalue weighted by molar-refractivity contribution is -0.136. The van der Waals surface area contributed by atoms with E-state index in [0.29, 0.717) is 5.75 Å². The molecule has 0 amide bonds. The first-order chi connectivity index (χ1) is 8.73. The van der Waals surface area contributed by atoms with Crippen molar-refractivity contribution in [2.45, 2.75) is 43.4 Å². The predicted octanol–water partition coefficient (Wildman–Crippen LogP) is 2.11. The van der Waals surface area contributed by atoms with Crippen LogP contribution in [-0.2, 0) is 14.6 Å². The summed E-state index contributed by atoms with van der Waals surface area (Å²) < 4.78 is 29.6. The fourth-order valence-corrected chi connectivity index (χ4v) is 2.91. The van der Waals surface area contributed by atoms with Gasteiger partial charge in [0.2, 0.25) is 0 Å². The molecule has 5 nitrogen and oxygen atoms in total. The summed E-state index contributed by atoms with van der Waals surface area (Å²) in [6.45, 7) is 5.14. The van der Waals surface area contributed by atoms with E-state index in [0.717, 1.165) is 0 Å². The Morgan fingerprint density at radius 2 is 1.74 bits per heavy atom. The van der Waals surface area contributed by atoms with Crippen LogP contribution >= 0.6 is 0 Å². The molecule has 1 unspecified atom stereocenters. The number of aliphatic carboxylic acids is 1. The zero-order valence-electron chi connectivity index (χ0n) is 11.2. The molecule has 1 aromatic rings. The van der Waals surface area contributed by atoms with Crippen LogP contribution in [0.25, 0.3) is 0 Å². The second-order valence-electron chi connectivity index (χ2n) is 4.59. The quantitative estimate of drug-likeness (QED) is 0.866. The predicted molar refractivity (Wildman–Crippen MR) is 71.1 cm³/mol. The summed E-state index contributed by atoms with van der Waals surface area (Å²) in [7, 11) is -3.62. The lowest BCUT2D eigenvalue weighted by Crippen LogP contribution is -2.21. The van der Waals surface area contributed by atoms with Crippen LogP contribution in [0, 0.1) is 0 Å². The highest BCUT2D eigenvalue weighted by atomic mass is 32.2. The van der Waals surface area contributed by atoms with Crippen molar-refractivity contribution in [3.63, 3.8) is 0 Å². The Hall–Kier alpha value is -1.56. The molecule has 0 bridgehead atoms. The first-order valence-electron chi connectivity index (χ1n) is 5.96. The van der Waals surface area contributed by atoms with E-state index in [1.54, 1.807) is 12.1 Å². The SMILES string of the molecule is CC(C)Oc1ccc(S(=O)(=O)C(C)CC(=O)O)cc1. The van der Waals surface area contributed by atoms with Gasteiger partial charge in [0.25, 0.3) is 0 Å². The van der Waals surface area contributed by atoms with Gasteiger partial charge in [-0.3, -0.25) is 4.79 Å². The average molecular weight is 286 g/mol. The highest BCUT2D eigenvalue weighted by molar-refractivity contribution is 7.92. The van der Waals surface area contributed by atoms with Gasteiger partial charge in [0, 0.05) is 0 Å². The van der Waals surface area contributed by atoms with Crippen LogP contribution < -0.4 is 4.74 Å².